The Balaban J connectivity index is 2.05. The van der Waals surface area contributed by atoms with Crippen molar-refractivity contribution in [2.45, 2.75) is 11.8 Å². The second kappa shape index (κ2) is 8.14. The van der Waals surface area contributed by atoms with Crippen molar-refractivity contribution in [3.05, 3.63) is 52.6 Å². The smallest absolute Gasteiger partial charge is 0.268 e. The minimum Gasteiger partial charge on any atom is -0.495 e. The van der Waals surface area contributed by atoms with Crippen molar-refractivity contribution < 1.29 is 13.2 Å². The van der Waals surface area contributed by atoms with Gasteiger partial charge < -0.3 is 15.0 Å². The second-order valence-corrected chi connectivity index (χ2v) is 9.60. The molecule has 1 aromatic heterocycles. The number of aromatic nitrogens is 1. The second-order valence-electron chi connectivity index (χ2n) is 6.87. The van der Waals surface area contributed by atoms with Crippen LogP contribution in [0, 0.1) is 6.92 Å². The van der Waals surface area contributed by atoms with Crippen molar-refractivity contribution in [3.8, 4) is 5.75 Å². The number of methoxy groups -OCH3 is 1. The molecule has 0 saturated heterocycles. The van der Waals surface area contributed by atoms with Crippen molar-refractivity contribution in [2.75, 3.05) is 39.6 Å². The summed E-state index contributed by atoms with van der Waals surface area (Å²) in [5.41, 5.74) is 2.21. The van der Waals surface area contributed by atoms with Gasteiger partial charge in [-0.2, -0.15) is 0 Å². The zero-order valence-corrected chi connectivity index (χ0v) is 18.8. The lowest BCUT2D eigenvalue weighted by Gasteiger charge is -2.15. The normalized spacial score (nSPS) is 11.9. The summed E-state index contributed by atoms with van der Waals surface area (Å²) in [6.45, 7) is 3.39. The number of aryl methyl sites for hydroxylation is 1. The molecule has 150 valence electrons. The van der Waals surface area contributed by atoms with Crippen LogP contribution < -0.4 is 10.1 Å². The van der Waals surface area contributed by atoms with Gasteiger partial charge >= 0.3 is 0 Å². The molecule has 0 saturated carbocycles. The molecular weight excluding hydrogens is 442 g/mol. The van der Waals surface area contributed by atoms with Crippen LogP contribution in [0.5, 0.6) is 5.75 Å². The van der Waals surface area contributed by atoms with Crippen molar-refractivity contribution in [2.24, 2.45) is 0 Å². The van der Waals surface area contributed by atoms with Gasteiger partial charge in [0.15, 0.2) is 0 Å². The third kappa shape index (κ3) is 4.04. The summed E-state index contributed by atoms with van der Waals surface area (Å²) in [5.74, 6) is 0.607. The molecule has 0 unspecified atom stereocenters. The Morgan fingerprint density at radius 3 is 2.61 bits per heavy atom. The van der Waals surface area contributed by atoms with Crippen LogP contribution in [0.4, 0.5) is 5.69 Å². The summed E-state index contributed by atoms with van der Waals surface area (Å²) < 4.78 is 34.3. The van der Waals surface area contributed by atoms with E-state index >= 15 is 0 Å². The average Bonchev–Trinajstić information content (AvgIpc) is 2.98. The largest absolute Gasteiger partial charge is 0.495 e. The van der Waals surface area contributed by atoms with Gasteiger partial charge in [0.05, 0.1) is 23.2 Å². The van der Waals surface area contributed by atoms with Crippen LogP contribution in [0.3, 0.4) is 0 Å². The molecule has 0 aliphatic heterocycles. The van der Waals surface area contributed by atoms with Crippen LogP contribution in [0.25, 0.3) is 10.9 Å². The summed E-state index contributed by atoms with van der Waals surface area (Å²) >= 11 is 3.45. The van der Waals surface area contributed by atoms with Crippen LogP contribution in [-0.2, 0) is 10.0 Å². The third-order valence-electron chi connectivity index (χ3n) is 4.53. The van der Waals surface area contributed by atoms with E-state index in [0.717, 1.165) is 22.0 Å². The molecule has 0 aliphatic carbocycles. The Labute approximate surface area is 174 Å². The van der Waals surface area contributed by atoms with E-state index in [4.69, 9.17) is 4.74 Å². The fraction of sp³-hybridized carbons (Fsp3) is 0.300. The zero-order valence-electron chi connectivity index (χ0n) is 16.4. The molecule has 2 aromatic carbocycles. The minimum absolute atomic E-state index is 0.209. The lowest BCUT2D eigenvalue weighted by Crippen LogP contribution is -2.21. The highest BCUT2D eigenvalue weighted by Gasteiger charge is 2.22. The molecule has 8 heteroatoms. The molecule has 0 atom stereocenters. The Morgan fingerprint density at radius 1 is 1.18 bits per heavy atom. The van der Waals surface area contributed by atoms with Crippen molar-refractivity contribution in [3.63, 3.8) is 0 Å². The SMILES string of the molecule is COc1ccc(S(=O)(=O)n2cc(C)c3cc(Br)ccc32)cc1NCCN(C)C. The molecule has 0 bridgehead atoms. The fourth-order valence-electron chi connectivity index (χ4n) is 3.04. The Bertz CT molecular complexity index is 1110. The number of likely N-dealkylation sites (N-methyl/N-ethyl adjacent to an activating group) is 1. The number of hydrogen-bond donors (Lipinski definition) is 1. The highest BCUT2D eigenvalue weighted by molar-refractivity contribution is 9.10. The molecule has 1 N–H and O–H groups in total. The van der Waals surface area contributed by atoms with Crippen molar-refractivity contribution in [1.29, 1.82) is 0 Å². The highest BCUT2D eigenvalue weighted by atomic mass is 79.9. The summed E-state index contributed by atoms with van der Waals surface area (Å²) in [5, 5.41) is 4.16. The van der Waals surface area contributed by atoms with E-state index < -0.39 is 10.0 Å². The molecule has 0 aliphatic rings. The van der Waals surface area contributed by atoms with E-state index in [1.807, 2.05) is 44.1 Å². The third-order valence-corrected chi connectivity index (χ3v) is 6.70. The maximum Gasteiger partial charge on any atom is 0.268 e. The maximum atomic E-state index is 13.4. The molecule has 3 aromatic rings. The van der Waals surface area contributed by atoms with Gasteiger partial charge in [-0.25, -0.2) is 12.4 Å². The lowest BCUT2D eigenvalue weighted by molar-refractivity contribution is 0.412. The predicted molar refractivity (Wildman–Crippen MR) is 117 cm³/mol. The number of nitrogens with zero attached hydrogens (tertiary/aromatic N) is 2. The van der Waals surface area contributed by atoms with Gasteiger partial charge in [0.1, 0.15) is 5.75 Å². The summed E-state index contributed by atoms with van der Waals surface area (Å²) in [7, 11) is 1.79. The fourth-order valence-corrected chi connectivity index (χ4v) is 4.85. The first-order chi connectivity index (χ1) is 13.2. The molecule has 6 nitrogen and oxygen atoms in total. The number of anilines is 1. The van der Waals surface area contributed by atoms with Crippen molar-refractivity contribution >= 4 is 42.5 Å². The van der Waals surface area contributed by atoms with Gasteiger partial charge in [0, 0.05) is 29.1 Å². The standard InChI is InChI=1S/C20H24BrN3O3S/c1-14-13-24(19-7-5-15(21)11-17(14)19)28(25,26)16-6-8-20(27-4)18(12-16)22-9-10-23(2)3/h5-8,11-13,22H,9-10H2,1-4H3. The predicted octanol–water partition coefficient (Wildman–Crippen LogP) is 3.93. The van der Waals surface area contributed by atoms with E-state index in [0.29, 0.717) is 23.5 Å². The maximum absolute atomic E-state index is 13.4. The summed E-state index contributed by atoms with van der Waals surface area (Å²) in [6.07, 6.45) is 1.66. The molecule has 0 radical (unpaired) electrons. The summed E-state index contributed by atoms with van der Waals surface area (Å²) in [6, 6.07) is 10.5. The number of benzene rings is 2. The lowest BCUT2D eigenvalue weighted by atomic mass is 10.2. The molecule has 1 heterocycles. The van der Waals surface area contributed by atoms with E-state index in [1.54, 1.807) is 31.5 Å². The van der Waals surface area contributed by atoms with Crippen molar-refractivity contribution in [1.82, 2.24) is 8.87 Å². The molecule has 0 amide bonds. The number of hydrogen-bond acceptors (Lipinski definition) is 5. The van der Waals surface area contributed by atoms with Gasteiger partial charge in [0.25, 0.3) is 10.0 Å². The van der Waals surface area contributed by atoms with E-state index in [2.05, 4.69) is 21.2 Å². The van der Waals surface area contributed by atoms with Gasteiger partial charge in [-0.05, 0) is 63.0 Å². The van der Waals surface area contributed by atoms with Crippen LogP contribution in [0.15, 0.2) is 52.0 Å². The van der Waals surface area contributed by atoms with E-state index in [9.17, 15) is 8.42 Å². The molecule has 28 heavy (non-hydrogen) atoms. The van der Waals surface area contributed by atoms with Crippen LogP contribution in [0.1, 0.15) is 5.56 Å². The number of rotatable bonds is 7. The first-order valence-corrected chi connectivity index (χ1v) is 11.1. The highest BCUT2D eigenvalue weighted by Crippen LogP contribution is 2.31. The van der Waals surface area contributed by atoms with Crippen LogP contribution in [0.2, 0.25) is 0 Å². The minimum atomic E-state index is -3.75. The Morgan fingerprint density at radius 2 is 1.93 bits per heavy atom. The van der Waals surface area contributed by atoms with E-state index in [1.165, 1.54) is 3.97 Å². The monoisotopic (exact) mass is 465 g/mol. The number of nitrogens with one attached hydrogen (secondary N) is 1. The quantitative estimate of drug-likeness (QED) is 0.572. The number of halogens is 1. The molecular formula is C20H24BrN3O3S. The average molecular weight is 466 g/mol. The van der Waals surface area contributed by atoms with Gasteiger partial charge in [0.2, 0.25) is 0 Å². The number of fused-ring (bicyclic) bond motifs is 1. The van der Waals surface area contributed by atoms with Gasteiger partial charge in [-0.1, -0.05) is 15.9 Å². The van der Waals surface area contributed by atoms with Gasteiger partial charge in [-0.3, -0.25) is 0 Å². The topological polar surface area (TPSA) is 63.6 Å². The molecule has 0 fully saturated rings. The zero-order chi connectivity index (χ0) is 20.5. The number of ether oxygens (including phenoxy) is 1. The first kappa shape index (κ1) is 20.7. The van der Waals surface area contributed by atoms with Crippen LogP contribution in [-0.4, -0.2) is 51.6 Å². The Hall–Kier alpha value is -2.03. The first-order valence-electron chi connectivity index (χ1n) is 8.83. The van der Waals surface area contributed by atoms with E-state index in [-0.39, 0.29) is 4.90 Å². The molecule has 3 rings (SSSR count). The van der Waals surface area contributed by atoms with Gasteiger partial charge in [-0.15, -0.1) is 0 Å². The summed E-state index contributed by atoms with van der Waals surface area (Å²) in [4.78, 5) is 2.26. The van der Waals surface area contributed by atoms with Crippen LogP contribution >= 0.6 is 15.9 Å². The molecule has 0 spiro atoms. The Kier molecular flexibility index (Phi) is 6.02.